The van der Waals surface area contributed by atoms with Crippen LogP contribution in [0.4, 0.5) is 0 Å². The van der Waals surface area contributed by atoms with Gasteiger partial charge in [-0.05, 0) is 77.2 Å². The van der Waals surface area contributed by atoms with Crippen LogP contribution < -0.4 is 0 Å². The highest BCUT2D eigenvalue weighted by Gasteiger charge is 2.51. The lowest BCUT2D eigenvalue weighted by Gasteiger charge is -2.27. The minimum absolute atomic E-state index is 0.205. The second kappa shape index (κ2) is 51.1. The van der Waals surface area contributed by atoms with Crippen molar-refractivity contribution in [2.45, 2.75) is 372 Å². The van der Waals surface area contributed by atoms with E-state index in [1.165, 1.54) is 173 Å². The van der Waals surface area contributed by atoms with Crippen LogP contribution in [0.2, 0.25) is 0 Å². The van der Waals surface area contributed by atoms with E-state index >= 15 is 0 Å². The summed E-state index contributed by atoms with van der Waals surface area (Å²) in [6, 6.07) is 0. The predicted octanol–water partition coefficient (Wildman–Crippen LogP) is 16.3. The highest BCUT2D eigenvalue weighted by molar-refractivity contribution is 5.70. The van der Waals surface area contributed by atoms with Crippen molar-refractivity contribution in [2.75, 3.05) is 32.8 Å². The number of fused-ring (bicyclic) bond motifs is 1. The SMILES string of the molecule is CCCCCCCCCCC(O)C/C=C(/CCCCCC(=O)O[C@@H]1COC2C1OC[C@@H]2OC(=O)CCCCN(CC(O)CCCCCCCCCC)CC(O)CCCCCCCCCC)CC(O)CCCCCCCCCC. The van der Waals surface area contributed by atoms with E-state index in [0.29, 0.717) is 51.7 Å². The molecule has 6 unspecified atom stereocenters. The second-order valence-electron chi connectivity index (χ2n) is 24.4. The van der Waals surface area contributed by atoms with Crippen LogP contribution in [0.5, 0.6) is 0 Å². The van der Waals surface area contributed by atoms with E-state index in [1.807, 2.05) is 0 Å². The first kappa shape index (κ1) is 72.5. The molecule has 2 rings (SSSR count). The zero-order valence-corrected chi connectivity index (χ0v) is 51.4. The molecule has 8 atom stereocenters. The molecule has 78 heavy (non-hydrogen) atoms. The van der Waals surface area contributed by atoms with Gasteiger partial charge in [0.2, 0.25) is 0 Å². The van der Waals surface area contributed by atoms with Crippen molar-refractivity contribution >= 4 is 11.9 Å². The number of ether oxygens (including phenoxy) is 4. The number of hydrogen-bond acceptors (Lipinski definition) is 11. The molecule has 460 valence electrons. The molecule has 0 spiro atoms. The maximum absolute atomic E-state index is 13.1. The molecule has 0 aromatic carbocycles. The molecule has 4 N–H and O–H groups in total. The molecule has 2 aliphatic rings. The molecule has 0 aliphatic carbocycles. The number of carbonyl (C=O) groups is 2. The van der Waals surface area contributed by atoms with Gasteiger partial charge in [-0.1, -0.05) is 251 Å². The summed E-state index contributed by atoms with van der Waals surface area (Å²) < 4.78 is 23.8. The van der Waals surface area contributed by atoms with Gasteiger partial charge in [-0.3, -0.25) is 14.5 Å². The summed E-state index contributed by atoms with van der Waals surface area (Å²) in [5.74, 6) is -0.570. The minimum atomic E-state index is -0.548. The van der Waals surface area contributed by atoms with Gasteiger partial charge >= 0.3 is 11.9 Å². The van der Waals surface area contributed by atoms with Crippen molar-refractivity contribution in [1.82, 2.24) is 4.90 Å². The molecule has 0 aromatic rings. The van der Waals surface area contributed by atoms with Gasteiger partial charge in [-0.2, -0.15) is 0 Å². The Labute approximate surface area is 480 Å². The lowest BCUT2D eigenvalue weighted by molar-refractivity contribution is -0.155. The van der Waals surface area contributed by atoms with E-state index in [9.17, 15) is 30.0 Å². The smallest absolute Gasteiger partial charge is 0.306 e. The highest BCUT2D eigenvalue weighted by Crippen LogP contribution is 2.32. The molecule has 2 saturated heterocycles. The third-order valence-electron chi connectivity index (χ3n) is 16.7. The van der Waals surface area contributed by atoms with Crippen molar-refractivity contribution in [2.24, 2.45) is 0 Å². The van der Waals surface area contributed by atoms with E-state index in [2.05, 4.69) is 38.7 Å². The second-order valence-corrected chi connectivity index (χ2v) is 24.4. The Morgan fingerprint density at radius 2 is 0.744 bits per heavy atom. The first-order valence-electron chi connectivity index (χ1n) is 33.8. The normalized spacial score (nSPS) is 19.1. The maximum Gasteiger partial charge on any atom is 0.306 e. The molecule has 2 heterocycles. The Bertz CT molecular complexity index is 1370. The van der Waals surface area contributed by atoms with E-state index in [4.69, 9.17) is 18.9 Å². The van der Waals surface area contributed by atoms with Gasteiger partial charge in [0, 0.05) is 25.9 Å². The number of aliphatic hydroxyl groups is 4. The van der Waals surface area contributed by atoms with Gasteiger partial charge < -0.3 is 39.4 Å². The summed E-state index contributed by atoms with van der Waals surface area (Å²) in [7, 11) is 0. The van der Waals surface area contributed by atoms with Crippen LogP contribution in [0.25, 0.3) is 0 Å². The van der Waals surface area contributed by atoms with Crippen molar-refractivity contribution < 1.29 is 49.0 Å². The van der Waals surface area contributed by atoms with Gasteiger partial charge in [0.05, 0.1) is 37.6 Å². The molecule has 0 amide bonds. The van der Waals surface area contributed by atoms with E-state index in [1.54, 1.807) is 0 Å². The molecule has 11 heteroatoms. The monoisotopic (exact) mass is 1110 g/mol. The van der Waals surface area contributed by atoms with Gasteiger partial charge in [0.15, 0.2) is 12.2 Å². The number of rotatable bonds is 57. The number of esters is 2. The highest BCUT2D eigenvalue weighted by atomic mass is 16.7. The maximum atomic E-state index is 13.1. The fourth-order valence-electron chi connectivity index (χ4n) is 11.7. The Hall–Kier alpha value is -1.60. The van der Waals surface area contributed by atoms with Crippen molar-refractivity contribution in [3.05, 3.63) is 11.6 Å². The first-order valence-corrected chi connectivity index (χ1v) is 33.8. The molecule has 2 fully saturated rings. The Morgan fingerprint density at radius 1 is 0.423 bits per heavy atom. The van der Waals surface area contributed by atoms with E-state index in [-0.39, 0.29) is 43.8 Å². The zero-order valence-electron chi connectivity index (χ0n) is 51.4. The number of unbranched alkanes of at least 4 members (excludes halogenated alkanes) is 31. The third-order valence-corrected chi connectivity index (χ3v) is 16.7. The van der Waals surface area contributed by atoms with Crippen molar-refractivity contribution in [3.8, 4) is 0 Å². The molecular formula is C67H127NO10. The molecule has 2 aliphatic heterocycles. The number of nitrogens with zero attached hydrogens (tertiary/aromatic N) is 1. The number of carbonyl (C=O) groups excluding carboxylic acids is 2. The van der Waals surface area contributed by atoms with Crippen LogP contribution in [0.15, 0.2) is 11.6 Å². The summed E-state index contributed by atoms with van der Waals surface area (Å²) in [5.41, 5.74) is 1.22. The minimum Gasteiger partial charge on any atom is -0.457 e. The summed E-state index contributed by atoms with van der Waals surface area (Å²) in [6.07, 6.45) is 48.1. The molecule has 0 radical (unpaired) electrons. The summed E-state index contributed by atoms with van der Waals surface area (Å²) >= 11 is 0. The average Bonchev–Trinajstić information content (AvgIpc) is 4.04. The largest absolute Gasteiger partial charge is 0.457 e. The zero-order chi connectivity index (χ0) is 56.5. The van der Waals surface area contributed by atoms with Crippen molar-refractivity contribution in [3.63, 3.8) is 0 Å². The number of hydrogen-bond donors (Lipinski definition) is 4. The van der Waals surface area contributed by atoms with Crippen LogP contribution in [-0.4, -0.2) is 119 Å². The van der Waals surface area contributed by atoms with Gasteiger partial charge in [-0.15, -0.1) is 0 Å². The summed E-state index contributed by atoms with van der Waals surface area (Å²) in [6.45, 7) is 11.2. The number of aliphatic hydroxyl groups excluding tert-OH is 4. The lowest BCUT2D eigenvalue weighted by atomic mass is 9.95. The first-order chi connectivity index (χ1) is 38.1. The predicted molar refractivity (Wildman–Crippen MR) is 323 cm³/mol. The standard InChI is InChI=1S/C67H127NO10/c1-5-9-13-17-21-25-29-35-43-58(69)50-49-57(52-59(70)44-36-30-26-22-18-14-10-6-2)42-34-33-39-47-64(73)77-62-55-75-67-63(56-76-66(62)67)78-65(74)48-40-41-51-68(53-60(71)45-37-31-27-23-19-15-11-7-3)54-61(72)46-38-32-28-24-20-16-12-8-4/h49,58-63,66-67,69-72H,5-48,50-56H2,1-4H3/b57-49-/t58?,59?,60?,61?,62-,63+,66?,67?/m1/s1. The van der Waals surface area contributed by atoms with Crippen LogP contribution in [-0.2, 0) is 28.5 Å². The van der Waals surface area contributed by atoms with Gasteiger partial charge in [0.25, 0.3) is 0 Å². The lowest BCUT2D eigenvalue weighted by Crippen LogP contribution is -2.38. The van der Waals surface area contributed by atoms with Crippen LogP contribution in [0.1, 0.15) is 323 Å². The van der Waals surface area contributed by atoms with Crippen LogP contribution >= 0.6 is 0 Å². The third kappa shape index (κ3) is 39.8. The Morgan fingerprint density at radius 3 is 1.14 bits per heavy atom. The molecular weight excluding hydrogens is 979 g/mol. The quantitative estimate of drug-likeness (QED) is 0.0261. The van der Waals surface area contributed by atoms with E-state index in [0.717, 1.165) is 89.9 Å². The topological polar surface area (TPSA) is 155 Å². The van der Waals surface area contributed by atoms with Gasteiger partial charge in [-0.25, -0.2) is 0 Å². The molecule has 0 bridgehead atoms. The van der Waals surface area contributed by atoms with Crippen molar-refractivity contribution in [1.29, 1.82) is 0 Å². The molecule has 0 aromatic heterocycles. The summed E-state index contributed by atoms with van der Waals surface area (Å²) in [5, 5.41) is 44.0. The molecule has 11 nitrogen and oxygen atoms in total. The Kier molecular flexibility index (Phi) is 47.5. The summed E-state index contributed by atoms with van der Waals surface area (Å²) in [4.78, 5) is 28.4. The average molecular weight is 1110 g/mol. The molecule has 0 saturated carbocycles. The fraction of sp³-hybridized carbons (Fsp3) is 0.940. The van der Waals surface area contributed by atoms with Gasteiger partial charge in [0.1, 0.15) is 12.2 Å². The fourth-order valence-corrected chi connectivity index (χ4v) is 11.7. The van der Waals surface area contributed by atoms with Crippen LogP contribution in [0, 0.1) is 0 Å². The Balaban J connectivity index is 1.76. The van der Waals surface area contributed by atoms with Crippen LogP contribution in [0.3, 0.4) is 0 Å². The van der Waals surface area contributed by atoms with E-state index < -0.39 is 36.6 Å².